The maximum atomic E-state index is 6.23. The van der Waals surface area contributed by atoms with E-state index in [-0.39, 0.29) is 28.5 Å². The minimum atomic E-state index is -1.94. The summed E-state index contributed by atoms with van der Waals surface area (Å²) >= 11 is 51.5. The molecule has 28 heavy (non-hydrogen) atoms. The van der Waals surface area contributed by atoms with Crippen LogP contribution < -0.4 is 4.90 Å². The van der Waals surface area contributed by atoms with Crippen LogP contribution in [0.3, 0.4) is 0 Å². The second-order valence-corrected chi connectivity index (χ2v) is 12.2. The van der Waals surface area contributed by atoms with E-state index in [0.29, 0.717) is 10.0 Å². The third kappa shape index (κ3) is 6.18. The average molecular weight is 611 g/mol. The summed E-state index contributed by atoms with van der Waals surface area (Å²) in [4.78, 5) is 14.2. The molecule has 2 rings (SSSR count). The van der Waals surface area contributed by atoms with E-state index in [1.165, 1.54) is 0 Å². The van der Waals surface area contributed by atoms with Crippen LogP contribution in [-0.2, 0) is 7.59 Å². The Morgan fingerprint density at radius 1 is 0.857 bits per heavy atom. The minimum Gasteiger partial charge on any atom is -0.339 e. The van der Waals surface area contributed by atoms with Gasteiger partial charge in [-0.05, 0) is 48.0 Å². The number of hydrogen-bond acceptors (Lipinski definition) is 4. The van der Waals surface area contributed by atoms with Gasteiger partial charge in [0.1, 0.15) is 11.0 Å². The van der Waals surface area contributed by atoms with Crippen molar-refractivity contribution in [2.45, 2.75) is 32.4 Å². The first-order valence-corrected chi connectivity index (χ1v) is 11.4. The highest BCUT2D eigenvalue weighted by atomic mass is 79.9. The number of anilines is 1. The molecule has 0 radical (unpaired) electrons. The Balaban J connectivity index is 2.62. The summed E-state index contributed by atoms with van der Waals surface area (Å²) in [6.45, 7) is 3.63. The predicted octanol–water partition coefficient (Wildman–Crippen LogP) is 7.93. The van der Waals surface area contributed by atoms with Gasteiger partial charge in [-0.3, -0.25) is 0 Å². The molecule has 0 saturated heterocycles. The van der Waals surface area contributed by atoms with Gasteiger partial charge >= 0.3 is 0 Å². The van der Waals surface area contributed by atoms with Crippen molar-refractivity contribution in [3.05, 3.63) is 34.3 Å². The highest BCUT2D eigenvalue weighted by Gasteiger charge is 2.34. The Hall–Kier alpha value is 0.830. The Labute approximate surface area is 210 Å². The van der Waals surface area contributed by atoms with E-state index >= 15 is 0 Å². The number of halogens is 9. The number of rotatable bonds is 4. The average Bonchev–Trinajstić information content (AvgIpc) is 2.52. The summed E-state index contributed by atoms with van der Waals surface area (Å²) in [5, 5.41) is 0. The van der Waals surface area contributed by atoms with Crippen molar-refractivity contribution in [1.82, 2.24) is 15.0 Å². The van der Waals surface area contributed by atoms with Crippen molar-refractivity contribution in [3.63, 3.8) is 0 Å². The number of alkyl halides is 8. The molecule has 0 bridgehead atoms. The van der Waals surface area contributed by atoms with Gasteiger partial charge in [-0.1, -0.05) is 92.8 Å². The van der Waals surface area contributed by atoms with Gasteiger partial charge in [-0.2, -0.15) is 0 Å². The second-order valence-electron chi connectivity index (χ2n) is 5.52. The molecule has 1 heterocycles. The topological polar surface area (TPSA) is 41.9 Å². The van der Waals surface area contributed by atoms with Crippen LogP contribution in [0.5, 0.6) is 0 Å². The van der Waals surface area contributed by atoms with Crippen LogP contribution in [-0.4, -0.2) is 26.0 Å². The minimum absolute atomic E-state index is 0.153. The molecule has 0 aliphatic carbocycles. The van der Waals surface area contributed by atoms with E-state index in [9.17, 15) is 0 Å². The maximum absolute atomic E-state index is 6.23. The van der Waals surface area contributed by atoms with Crippen LogP contribution in [0.4, 0.5) is 5.69 Å². The Morgan fingerprint density at radius 3 is 1.68 bits per heavy atom. The van der Waals surface area contributed by atoms with Crippen molar-refractivity contribution in [3.8, 4) is 11.4 Å². The summed E-state index contributed by atoms with van der Waals surface area (Å²) in [5.74, 6) is -0.198. The van der Waals surface area contributed by atoms with Crippen molar-refractivity contribution in [2.24, 2.45) is 0 Å². The summed E-state index contributed by atoms with van der Waals surface area (Å²) in [6, 6.07) is 5.34. The molecule has 0 aliphatic heterocycles. The number of aromatic nitrogens is 3. The lowest BCUT2D eigenvalue weighted by Crippen LogP contribution is -2.34. The van der Waals surface area contributed by atoms with Gasteiger partial charge in [0, 0.05) is 15.7 Å². The lowest BCUT2D eigenvalue weighted by molar-refractivity contribution is 0.769. The fraction of sp³-hybridized carbons (Fsp3) is 0.400. The Kier molecular flexibility index (Phi) is 8.55. The second kappa shape index (κ2) is 9.54. The number of nitrogens with zero attached hydrogens (tertiary/aromatic N) is 4. The first kappa shape index (κ1) is 25.1. The predicted molar refractivity (Wildman–Crippen MR) is 125 cm³/mol. The zero-order chi connectivity index (χ0) is 21.4. The normalized spacial score (nSPS) is 14.7. The van der Waals surface area contributed by atoms with Gasteiger partial charge in [0.25, 0.3) is 0 Å². The quantitative estimate of drug-likeness (QED) is 0.261. The molecule has 0 saturated carbocycles. The molecule has 0 N–H and O–H groups in total. The van der Waals surface area contributed by atoms with Gasteiger partial charge in [-0.25, -0.2) is 15.0 Å². The highest BCUT2D eigenvalue weighted by Crippen LogP contribution is 2.41. The van der Waals surface area contributed by atoms with Crippen molar-refractivity contribution < 1.29 is 0 Å². The lowest BCUT2D eigenvalue weighted by atomic mass is 10.1. The molecule has 0 amide bonds. The summed E-state index contributed by atoms with van der Waals surface area (Å²) in [6.07, 6.45) is 0. The van der Waals surface area contributed by atoms with Crippen LogP contribution in [0.2, 0.25) is 0 Å². The lowest BCUT2D eigenvalue weighted by Gasteiger charge is -2.30. The van der Waals surface area contributed by atoms with Gasteiger partial charge in [-0.15, -0.1) is 0 Å². The van der Waals surface area contributed by atoms with Crippen molar-refractivity contribution in [1.29, 1.82) is 0 Å². The SMILES string of the molecule is CC(Cl)N(c1ccc(-c2nc(C(Cl)(Cl)Cl)nc(C(Cl)(Cl)Cl)n2)c(Br)c1)C(C)Cl. The standard InChI is InChI=1S/C15H11BrCl8N4/c1-6(17)28(7(2)18)8-3-4-9(10(16)5-8)11-25-12(14(19,20)21)27-13(26-11)15(22,23)24/h3-7H,1-2H3. The van der Waals surface area contributed by atoms with E-state index in [0.717, 1.165) is 5.69 Å². The summed E-state index contributed by atoms with van der Waals surface area (Å²) in [5.41, 5.74) is 0.656. The number of hydrogen-bond donors (Lipinski definition) is 0. The monoisotopic (exact) mass is 606 g/mol. The van der Waals surface area contributed by atoms with Crippen LogP contribution >= 0.6 is 109 Å². The highest BCUT2D eigenvalue weighted by molar-refractivity contribution is 9.10. The molecule has 2 unspecified atom stereocenters. The van der Waals surface area contributed by atoms with Crippen LogP contribution in [0.1, 0.15) is 25.5 Å². The van der Waals surface area contributed by atoms with Crippen molar-refractivity contribution in [2.75, 3.05) is 4.90 Å². The van der Waals surface area contributed by atoms with Gasteiger partial charge in [0.15, 0.2) is 17.5 Å². The van der Waals surface area contributed by atoms with Crippen LogP contribution in [0, 0.1) is 0 Å². The van der Waals surface area contributed by atoms with E-state index in [1.807, 2.05) is 18.7 Å². The van der Waals surface area contributed by atoms with Gasteiger partial charge in [0.2, 0.25) is 7.59 Å². The summed E-state index contributed by atoms with van der Waals surface area (Å²) in [7, 11) is 0. The third-order valence-corrected chi connectivity index (χ3v) is 5.49. The molecular formula is C15H11BrCl8N4. The molecule has 1 aromatic heterocycles. The molecule has 154 valence electrons. The molecule has 0 fully saturated rings. The van der Waals surface area contributed by atoms with Crippen molar-refractivity contribution >= 4 is 114 Å². The van der Waals surface area contributed by atoms with Gasteiger partial charge < -0.3 is 4.90 Å². The molecule has 4 nitrogen and oxygen atoms in total. The van der Waals surface area contributed by atoms with E-state index in [4.69, 9.17) is 92.8 Å². The zero-order valence-electron chi connectivity index (χ0n) is 14.1. The third-order valence-electron chi connectivity index (χ3n) is 3.40. The van der Waals surface area contributed by atoms with Crippen LogP contribution in [0.25, 0.3) is 11.4 Å². The molecule has 1 aromatic carbocycles. The molecule has 0 aliphatic rings. The smallest absolute Gasteiger partial charge is 0.250 e. The Morgan fingerprint density at radius 2 is 1.32 bits per heavy atom. The van der Waals surface area contributed by atoms with Gasteiger partial charge in [0.05, 0.1) is 0 Å². The molecular weight excluding hydrogens is 600 g/mol. The molecule has 13 heteroatoms. The fourth-order valence-corrected chi connectivity index (χ4v) is 3.96. The van der Waals surface area contributed by atoms with E-state index in [2.05, 4.69) is 30.9 Å². The first-order valence-electron chi connectivity index (χ1n) is 7.48. The maximum Gasteiger partial charge on any atom is 0.250 e. The van der Waals surface area contributed by atoms with E-state index < -0.39 is 7.59 Å². The van der Waals surface area contributed by atoms with E-state index in [1.54, 1.807) is 18.2 Å². The van der Waals surface area contributed by atoms with Crippen LogP contribution in [0.15, 0.2) is 22.7 Å². The first-order chi connectivity index (χ1) is 12.7. The Bertz CT molecular complexity index is 811. The molecule has 2 atom stereocenters. The number of benzene rings is 1. The fourth-order valence-electron chi connectivity index (χ4n) is 2.29. The molecule has 2 aromatic rings. The molecule has 0 spiro atoms. The largest absolute Gasteiger partial charge is 0.339 e. The zero-order valence-corrected chi connectivity index (χ0v) is 21.7. The summed E-state index contributed by atoms with van der Waals surface area (Å²) < 4.78 is -3.25.